The Balaban J connectivity index is 1.27. The predicted octanol–water partition coefficient (Wildman–Crippen LogP) is 2.39. The number of nitrogens with zero attached hydrogens (tertiary/aromatic N) is 1. The number of hydrogen-bond donors (Lipinski definition) is 2. The molecule has 1 aliphatic carbocycles. The summed E-state index contributed by atoms with van der Waals surface area (Å²) in [5, 5.41) is 14.3. The van der Waals surface area contributed by atoms with Crippen molar-refractivity contribution < 1.29 is 19.4 Å². The molecule has 148 valence electrons. The molecule has 2 fully saturated rings. The third-order valence-corrected chi connectivity index (χ3v) is 6.34. The summed E-state index contributed by atoms with van der Waals surface area (Å²) >= 11 is 0. The minimum absolute atomic E-state index is 0.114. The van der Waals surface area contributed by atoms with Gasteiger partial charge in [0.2, 0.25) is 12.7 Å². The van der Waals surface area contributed by atoms with Gasteiger partial charge in [0.15, 0.2) is 11.5 Å². The third-order valence-electron chi connectivity index (χ3n) is 6.34. The molecule has 6 nitrogen and oxygen atoms in total. The topological polar surface area (TPSA) is 71.0 Å². The standard InChI is InChI=1S/C21H30N2O4/c1-15-2-5-17(6-3-15)22-20(24)13-23-10-8-21(25,9-11-23)16-4-7-18-19(12-16)27-14-26-18/h4,7,12,15,17,25H,2-3,5-6,8-11,13-14H2,1H3,(H,22,24). The Labute approximate surface area is 160 Å². The van der Waals surface area contributed by atoms with Crippen molar-refractivity contribution in [3.05, 3.63) is 23.8 Å². The predicted molar refractivity (Wildman–Crippen MR) is 102 cm³/mol. The summed E-state index contributed by atoms with van der Waals surface area (Å²) in [6.07, 6.45) is 5.82. The second-order valence-corrected chi connectivity index (χ2v) is 8.40. The first kappa shape index (κ1) is 18.6. The summed E-state index contributed by atoms with van der Waals surface area (Å²) in [4.78, 5) is 14.5. The molecule has 1 saturated heterocycles. The van der Waals surface area contributed by atoms with Gasteiger partial charge in [-0.25, -0.2) is 0 Å². The largest absolute Gasteiger partial charge is 0.454 e. The number of aliphatic hydroxyl groups is 1. The number of hydrogen-bond acceptors (Lipinski definition) is 5. The molecule has 0 atom stereocenters. The van der Waals surface area contributed by atoms with Crippen LogP contribution in [0.25, 0.3) is 0 Å². The van der Waals surface area contributed by atoms with Crippen LogP contribution >= 0.6 is 0 Å². The van der Waals surface area contributed by atoms with Crippen LogP contribution in [-0.2, 0) is 10.4 Å². The molecule has 1 aromatic rings. The van der Waals surface area contributed by atoms with Crippen molar-refractivity contribution in [3.63, 3.8) is 0 Å². The number of fused-ring (bicyclic) bond motifs is 1. The number of benzene rings is 1. The number of likely N-dealkylation sites (tertiary alicyclic amines) is 1. The average Bonchev–Trinajstić information content (AvgIpc) is 3.13. The Morgan fingerprint density at radius 3 is 2.63 bits per heavy atom. The SMILES string of the molecule is CC1CCC(NC(=O)CN2CCC(O)(c3ccc4c(c3)OCO4)CC2)CC1. The van der Waals surface area contributed by atoms with E-state index in [0.29, 0.717) is 44.3 Å². The van der Waals surface area contributed by atoms with Crippen LogP contribution in [0, 0.1) is 5.92 Å². The zero-order valence-electron chi connectivity index (χ0n) is 16.1. The summed E-state index contributed by atoms with van der Waals surface area (Å²) in [6, 6.07) is 6.00. The highest BCUT2D eigenvalue weighted by atomic mass is 16.7. The molecule has 2 N–H and O–H groups in total. The number of amides is 1. The second kappa shape index (κ2) is 7.68. The van der Waals surface area contributed by atoms with Crippen LogP contribution in [0.4, 0.5) is 0 Å². The molecule has 27 heavy (non-hydrogen) atoms. The van der Waals surface area contributed by atoms with Gasteiger partial charge in [0.1, 0.15) is 0 Å². The van der Waals surface area contributed by atoms with Gasteiger partial charge in [0, 0.05) is 19.1 Å². The molecule has 0 radical (unpaired) electrons. The number of carbonyl (C=O) groups excluding carboxylic acids is 1. The first-order chi connectivity index (χ1) is 13.0. The maximum Gasteiger partial charge on any atom is 0.234 e. The molecular formula is C21H30N2O4. The van der Waals surface area contributed by atoms with E-state index in [2.05, 4.69) is 17.1 Å². The van der Waals surface area contributed by atoms with Gasteiger partial charge in [0.05, 0.1) is 12.1 Å². The Morgan fingerprint density at radius 2 is 1.89 bits per heavy atom. The molecule has 2 heterocycles. The van der Waals surface area contributed by atoms with Crippen molar-refractivity contribution >= 4 is 5.91 Å². The lowest BCUT2D eigenvalue weighted by Gasteiger charge is -2.38. The average molecular weight is 374 g/mol. The third kappa shape index (κ3) is 4.22. The van der Waals surface area contributed by atoms with Crippen LogP contribution < -0.4 is 14.8 Å². The van der Waals surface area contributed by atoms with E-state index >= 15 is 0 Å². The molecule has 2 aliphatic heterocycles. The van der Waals surface area contributed by atoms with Gasteiger partial charge in [-0.3, -0.25) is 9.69 Å². The zero-order chi connectivity index (χ0) is 18.9. The Kier molecular flexibility index (Phi) is 5.28. The molecule has 0 unspecified atom stereocenters. The van der Waals surface area contributed by atoms with E-state index in [1.54, 1.807) is 0 Å². The summed E-state index contributed by atoms with van der Waals surface area (Å²) in [7, 11) is 0. The quantitative estimate of drug-likeness (QED) is 0.847. The van der Waals surface area contributed by atoms with E-state index < -0.39 is 5.60 Å². The van der Waals surface area contributed by atoms with Crippen molar-refractivity contribution in [2.24, 2.45) is 5.92 Å². The van der Waals surface area contributed by atoms with Crippen LogP contribution in [0.15, 0.2) is 18.2 Å². The maximum atomic E-state index is 12.4. The monoisotopic (exact) mass is 374 g/mol. The van der Waals surface area contributed by atoms with Crippen LogP contribution in [0.3, 0.4) is 0 Å². The lowest BCUT2D eigenvalue weighted by molar-refractivity contribution is -0.124. The Hall–Kier alpha value is -1.79. The molecule has 1 saturated carbocycles. The molecule has 4 rings (SSSR count). The number of rotatable bonds is 4. The number of carbonyl (C=O) groups is 1. The van der Waals surface area contributed by atoms with Crippen molar-refractivity contribution in [2.75, 3.05) is 26.4 Å². The van der Waals surface area contributed by atoms with Gasteiger partial charge in [0.25, 0.3) is 0 Å². The summed E-state index contributed by atoms with van der Waals surface area (Å²) < 4.78 is 10.8. The van der Waals surface area contributed by atoms with E-state index in [1.807, 2.05) is 18.2 Å². The van der Waals surface area contributed by atoms with Crippen molar-refractivity contribution in [2.45, 2.75) is 57.1 Å². The lowest BCUT2D eigenvalue weighted by Crippen LogP contribution is -2.48. The van der Waals surface area contributed by atoms with Crippen LogP contribution in [0.5, 0.6) is 11.5 Å². The number of piperidine rings is 1. The Bertz CT molecular complexity index is 677. The molecular weight excluding hydrogens is 344 g/mol. The van der Waals surface area contributed by atoms with Crippen LogP contribution in [-0.4, -0.2) is 48.4 Å². The zero-order valence-corrected chi connectivity index (χ0v) is 16.1. The van der Waals surface area contributed by atoms with Gasteiger partial charge < -0.3 is 19.9 Å². The summed E-state index contributed by atoms with van der Waals surface area (Å²) in [5.41, 5.74) is 0.000162. The Morgan fingerprint density at radius 1 is 1.19 bits per heavy atom. The maximum absolute atomic E-state index is 12.4. The summed E-state index contributed by atoms with van der Waals surface area (Å²) in [5.74, 6) is 2.33. The smallest absolute Gasteiger partial charge is 0.234 e. The normalized spacial score (nSPS) is 27.3. The van der Waals surface area contributed by atoms with E-state index in [9.17, 15) is 9.90 Å². The fourth-order valence-electron chi connectivity index (χ4n) is 4.44. The van der Waals surface area contributed by atoms with Crippen LogP contribution in [0.1, 0.15) is 51.0 Å². The number of ether oxygens (including phenoxy) is 2. The van der Waals surface area contributed by atoms with Crippen molar-refractivity contribution in [3.8, 4) is 11.5 Å². The highest BCUT2D eigenvalue weighted by Crippen LogP contribution is 2.39. The van der Waals surface area contributed by atoms with Crippen molar-refractivity contribution in [1.82, 2.24) is 10.2 Å². The van der Waals surface area contributed by atoms with Gasteiger partial charge in [-0.1, -0.05) is 13.0 Å². The minimum atomic E-state index is -0.868. The molecule has 1 amide bonds. The summed E-state index contributed by atoms with van der Waals surface area (Å²) in [6.45, 7) is 4.36. The van der Waals surface area contributed by atoms with Gasteiger partial charge in [-0.15, -0.1) is 0 Å². The minimum Gasteiger partial charge on any atom is -0.454 e. The molecule has 0 spiro atoms. The van der Waals surface area contributed by atoms with E-state index in [0.717, 1.165) is 30.1 Å². The van der Waals surface area contributed by atoms with Crippen molar-refractivity contribution in [1.29, 1.82) is 0 Å². The van der Waals surface area contributed by atoms with E-state index in [4.69, 9.17) is 9.47 Å². The molecule has 0 aromatic heterocycles. The lowest BCUT2D eigenvalue weighted by atomic mass is 9.84. The van der Waals surface area contributed by atoms with Gasteiger partial charge >= 0.3 is 0 Å². The van der Waals surface area contributed by atoms with E-state index in [-0.39, 0.29) is 12.7 Å². The fraction of sp³-hybridized carbons (Fsp3) is 0.667. The molecule has 0 bridgehead atoms. The van der Waals surface area contributed by atoms with Gasteiger partial charge in [-0.2, -0.15) is 0 Å². The molecule has 1 aromatic carbocycles. The second-order valence-electron chi connectivity index (χ2n) is 8.40. The fourth-order valence-corrected chi connectivity index (χ4v) is 4.44. The van der Waals surface area contributed by atoms with E-state index in [1.165, 1.54) is 12.8 Å². The first-order valence-electron chi connectivity index (χ1n) is 10.2. The molecule has 6 heteroatoms. The number of nitrogens with one attached hydrogen (secondary N) is 1. The highest BCUT2D eigenvalue weighted by Gasteiger charge is 2.35. The van der Waals surface area contributed by atoms with Crippen LogP contribution in [0.2, 0.25) is 0 Å². The highest BCUT2D eigenvalue weighted by molar-refractivity contribution is 5.78. The first-order valence-corrected chi connectivity index (χ1v) is 10.2. The van der Waals surface area contributed by atoms with Gasteiger partial charge in [-0.05, 0) is 62.1 Å². The molecule has 3 aliphatic rings.